The van der Waals surface area contributed by atoms with Crippen molar-refractivity contribution in [2.45, 2.75) is 26.4 Å². The summed E-state index contributed by atoms with van der Waals surface area (Å²) in [5, 5.41) is 4.09. The van der Waals surface area contributed by atoms with Crippen molar-refractivity contribution in [1.82, 2.24) is 9.97 Å². The van der Waals surface area contributed by atoms with E-state index in [0.29, 0.717) is 31.2 Å². The topological polar surface area (TPSA) is 141 Å². The first-order valence-electron chi connectivity index (χ1n) is 9.76. The van der Waals surface area contributed by atoms with E-state index < -0.39 is 17.9 Å². The second kappa shape index (κ2) is 10.3. The van der Waals surface area contributed by atoms with Crippen LogP contribution < -0.4 is 16.4 Å². The average Bonchev–Trinajstić information content (AvgIpc) is 2.71. The lowest BCUT2D eigenvalue weighted by Crippen LogP contribution is -2.48. The van der Waals surface area contributed by atoms with Gasteiger partial charge in [0.1, 0.15) is 19.0 Å². The van der Waals surface area contributed by atoms with Gasteiger partial charge in [-0.3, -0.25) is 0 Å². The number of aromatic nitrogens is 2. The fourth-order valence-electron chi connectivity index (χ4n) is 2.75. The van der Waals surface area contributed by atoms with Crippen molar-refractivity contribution in [2.75, 3.05) is 24.6 Å². The third-order valence-corrected chi connectivity index (χ3v) is 4.41. The number of aliphatic imine (C=N–C) groups is 1. The molecule has 0 radical (unpaired) electrons. The molecule has 4 N–H and O–H groups in total. The van der Waals surface area contributed by atoms with Gasteiger partial charge in [-0.25, -0.2) is 19.2 Å². The Morgan fingerprint density at radius 2 is 2.00 bits per heavy atom. The minimum Gasteiger partial charge on any atom is -0.443 e. The lowest BCUT2D eigenvalue weighted by atomic mass is 10.1. The van der Waals surface area contributed by atoms with Gasteiger partial charge in [0.25, 0.3) is 0 Å². The minimum absolute atomic E-state index is 0.174. The molecule has 11 heteroatoms. The molecule has 1 amide bonds. The van der Waals surface area contributed by atoms with E-state index in [4.69, 9.17) is 21.0 Å². The molecule has 1 aromatic heterocycles. The number of oxime groups is 1. The molecule has 3 rings (SSSR count). The summed E-state index contributed by atoms with van der Waals surface area (Å²) in [6.07, 6.45) is 4.13. The number of rotatable bonds is 8. The highest BCUT2D eigenvalue weighted by atomic mass is 19.1. The van der Waals surface area contributed by atoms with Gasteiger partial charge in [-0.15, -0.1) is 4.99 Å². The molecule has 1 aliphatic heterocycles. The molecule has 1 fully saturated rings. The summed E-state index contributed by atoms with van der Waals surface area (Å²) in [5.41, 5.74) is 12.1. The monoisotopic (exact) mass is 429 g/mol. The Bertz CT molecular complexity index is 967. The SMILES string of the molecule is CCCCON=C1CN(c2ncc(-c3cccc(COC(=O)N=C(N)N)c3F)cn2)C1. The molecule has 0 aliphatic carbocycles. The van der Waals surface area contributed by atoms with E-state index in [-0.39, 0.29) is 17.7 Å². The number of anilines is 1. The molecule has 164 valence electrons. The zero-order chi connectivity index (χ0) is 22.2. The third kappa shape index (κ3) is 5.87. The Morgan fingerprint density at radius 1 is 1.26 bits per heavy atom. The zero-order valence-corrected chi connectivity index (χ0v) is 17.1. The number of nitrogens with two attached hydrogens (primary N) is 2. The van der Waals surface area contributed by atoms with E-state index >= 15 is 0 Å². The van der Waals surface area contributed by atoms with Crippen LogP contribution in [0, 0.1) is 5.82 Å². The van der Waals surface area contributed by atoms with E-state index in [1.165, 1.54) is 6.07 Å². The third-order valence-electron chi connectivity index (χ3n) is 4.41. The molecule has 1 saturated heterocycles. The van der Waals surface area contributed by atoms with Crippen molar-refractivity contribution < 1.29 is 18.8 Å². The van der Waals surface area contributed by atoms with Crippen molar-refractivity contribution in [1.29, 1.82) is 0 Å². The second-order valence-corrected chi connectivity index (χ2v) is 6.84. The smallest absolute Gasteiger partial charge is 0.437 e. The van der Waals surface area contributed by atoms with Crippen LogP contribution in [0.3, 0.4) is 0 Å². The summed E-state index contributed by atoms with van der Waals surface area (Å²) in [7, 11) is 0. The van der Waals surface area contributed by atoms with Crippen molar-refractivity contribution in [2.24, 2.45) is 21.6 Å². The van der Waals surface area contributed by atoms with Crippen LogP contribution in [0.25, 0.3) is 11.1 Å². The van der Waals surface area contributed by atoms with Gasteiger partial charge in [-0.2, -0.15) is 0 Å². The van der Waals surface area contributed by atoms with Crippen LogP contribution in [0.4, 0.5) is 15.1 Å². The first-order valence-corrected chi connectivity index (χ1v) is 9.76. The maximum Gasteiger partial charge on any atom is 0.437 e. The normalized spacial score (nSPS) is 12.7. The molecule has 2 heterocycles. The fraction of sp³-hybridized carbons (Fsp3) is 0.350. The highest BCUT2D eigenvalue weighted by Crippen LogP contribution is 2.26. The largest absolute Gasteiger partial charge is 0.443 e. The molecule has 31 heavy (non-hydrogen) atoms. The molecule has 0 saturated carbocycles. The van der Waals surface area contributed by atoms with Crippen molar-refractivity contribution in [3.05, 3.63) is 42.0 Å². The van der Waals surface area contributed by atoms with E-state index in [1.54, 1.807) is 24.5 Å². The summed E-state index contributed by atoms with van der Waals surface area (Å²) in [4.78, 5) is 30.4. The summed E-state index contributed by atoms with van der Waals surface area (Å²) in [6.45, 7) is 3.58. The van der Waals surface area contributed by atoms with Crippen LogP contribution in [0.15, 0.2) is 40.7 Å². The highest BCUT2D eigenvalue weighted by Gasteiger charge is 2.25. The second-order valence-electron chi connectivity index (χ2n) is 6.84. The van der Waals surface area contributed by atoms with Gasteiger partial charge in [-0.1, -0.05) is 36.7 Å². The first kappa shape index (κ1) is 21.9. The predicted molar refractivity (Wildman–Crippen MR) is 114 cm³/mol. The van der Waals surface area contributed by atoms with Crippen LogP contribution in [-0.2, 0) is 16.2 Å². The maximum atomic E-state index is 14.9. The average molecular weight is 429 g/mol. The van der Waals surface area contributed by atoms with Gasteiger partial charge in [0, 0.05) is 29.1 Å². The Hall–Kier alpha value is -3.76. The van der Waals surface area contributed by atoms with Gasteiger partial charge in [0.2, 0.25) is 5.95 Å². The number of guanidine groups is 1. The standard InChI is InChI=1S/C20H24FN7O3/c1-2-3-7-31-27-15-10-28(11-15)19-24-8-14(9-25-19)16-6-4-5-13(17(16)21)12-30-20(29)26-18(22)23/h4-6,8-9H,2-3,7,10-12H2,1H3,(H4,22,23,26,29). The van der Waals surface area contributed by atoms with Crippen LogP contribution in [0.2, 0.25) is 0 Å². The molecule has 1 aromatic carbocycles. The van der Waals surface area contributed by atoms with Crippen LogP contribution in [0.5, 0.6) is 0 Å². The molecule has 10 nitrogen and oxygen atoms in total. The Kier molecular flexibility index (Phi) is 7.31. The Labute approximate surface area is 178 Å². The number of benzene rings is 1. The quantitative estimate of drug-likeness (QED) is 0.281. The first-order chi connectivity index (χ1) is 15.0. The number of unbranched alkanes of at least 4 members (excludes halogenated alkanes) is 1. The highest BCUT2D eigenvalue weighted by molar-refractivity contribution is 5.98. The molecule has 0 bridgehead atoms. The Balaban J connectivity index is 1.61. The number of hydrogen-bond donors (Lipinski definition) is 2. The van der Waals surface area contributed by atoms with E-state index in [2.05, 4.69) is 27.0 Å². The minimum atomic E-state index is -0.995. The van der Waals surface area contributed by atoms with E-state index in [9.17, 15) is 9.18 Å². The molecule has 2 aromatic rings. The van der Waals surface area contributed by atoms with Crippen LogP contribution in [-0.4, -0.2) is 47.4 Å². The van der Waals surface area contributed by atoms with Gasteiger partial charge >= 0.3 is 6.09 Å². The van der Waals surface area contributed by atoms with Crippen molar-refractivity contribution in [3.63, 3.8) is 0 Å². The predicted octanol–water partition coefficient (Wildman–Crippen LogP) is 2.19. The van der Waals surface area contributed by atoms with Gasteiger partial charge < -0.3 is 25.9 Å². The summed E-state index contributed by atoms with van der Waals surface area (Å²) in [5.74, 6) is -0.445. The molecule has 0 unspecified atom stereocenters. The number of amides is 1. The van der Waals surface area contributed by atoms with Crippen molar-refractivity contribution >= 4 is 23.7 Å². The number of ether oxygens (including phenoxy) is 1. The molecule has 1 aliphatic rings. The van der Waals surface area contributed by atoms with E-state index in [1.807, 2.05) is 4.90 Å². The number of carbonyl (C=O) groups is 1. The lowest BCUT2D eigenvalue weighted by molar-refractivity contribution is 0.139. The van der Waals surface area contributed by atoms with Crippen molar-refractivity contribution in [3.8, 4) is 11.1 Å². The molecular weight excluding hydrogens is 405 g/mol. The van der Waals surface area contributed by atoms with Gasteiger partial charge in [0.15, 0.2) is 5.96 Å². The van der Waals surface area contributed by atoms with Crippen LogP contribution >= 0.6 is 0 Å². The number of nitrogens with zero attached hydrogens (tertiary/aromatic N) is 5. The fourth-order valence-corrected chi connectivity index (χ4v) is 2.75. The molecular formula is C20H24FN7O3. The Morgan fingerprint density at radius 3 is 2.68 bits per heavy atom. The van der Waals surface area contributed by atoms with E-state index in [0.717, 1.165) is 18.6 Å². The zero-order valence-electron chi connectivity index (χ0n) is 17.1. The van der Waals surface area contributed by atoms with Gasteiger partial charge in [-0.05, 0) is 6.42 Å². The number of halogens is 1. The molecule has 0 spiro atoms. The molecule has 0 atom stereocenters. The summed E-state index contributed by atoms with van der Waals surface area (Å²) < 4.78 is 19.7. The lowest BCUT2D eigenvalue weighted by Gasteiger charge is -2.31. The summed E-state index contributed by atoms with van der Waals surface area (Å²) in [6, 6.07) is 4.74. The number of hydrogen-bond acceptors (Lipinski definition) is 7. The summed E-state index contributed by atoms with van der Waals surface area (Å²) >= 11 is 0. The van der Waals surface area contributed by atoms with Crippen LogP contribution in [0.1, 0.15) is 25.3 Å². The number of carbonyl (C=O) groups excluding carboxylic acids is 1. The maximum absolute atomic E-state index is 14.9. The van der Waals surface area contributed by atoms with Gasteiger partial charge in [0.05, 0.1) is 18.8 Å².